The van der Waals surface area contributed by atoms with E-state index >= 15 is 0 Å². The fourth-order valence-electron chi connectivity index (χ4n) is 5.99. The van der Waals surface area contributed by atoms with Crippen molar-refractivity contribution in [3.8, 4) is 0 Å². The second-order valence-corrected chi connectivity index (χ2v) is 10.7. The fraction of sp³-hybridized carbons (Fsp3) is 0.375. The highest BCUT2D eigenvalue weighted by molar-refractivity contribution is 5.80. The van der Waals surface area contributed by atoms with Crippen molar-refractivity contribution in [3.05, 3.63) is 107 Å². The van der Waals surface area contributed by atoms with Crippen LogP contribution < -0.4 is 0 Å². The van der Waals surface area contributed by atoms with Crippen LogP contribution in [-0.2, 0) is 34.6 Å². The van der Waals surface area contributed by atoms with E-state index in [1.807, 2.05) is 59.5 Å². The summed E-state index contributed by atoms with van der Waals surface area (Å²) in [6.07, 6.45) is 2.01. The summed E-state index contributed by atoms with van der Waals surface area (Å²) in [5, 5.41) is 0. The van der Waals surface area contributed by atoms with E-state index < -0.39 is 0 Å². The Morgan fingerprint density at radius 2 is 1.45 bits per heavy atom. The van der Waals surface area contributed by atoms with Crippen LogP contribution in [0, 0.1) is 5.92 Å². The molecule has 0 spiro atoms. The molecule has 2 amide bonds. The molecule has 0 aromatic heterocycles. The Bertz CT molecular complexity index is 1240. The summed E-state index contributed by atoms with van der Waals surface area (Å²) in [6, 6.07) is 28.4. The van der Waals surface area contributed by atoms with E-state index in [0.717, 1.165) is 29.5 Å². The number of nitrogens with zero attached hydrogens (tertiary/aromatic N) is 3. The lowest BCUT2D eigenvalue weighted by Crippen LogP contribution is -2.53. The predicted octanol–water partition coefficient (Wildman–Crippen LogP) is 5.08. The van der Waals surface area contributed by atoms with Crippen molar-refractivity contribution in [1.82, 2.24) is 14.7 Å². The van der Waals surface area contributed by atoms with Gasteiger partial charge in [-0.25, -0.2) is 4.79 Å². The highest BCUT2D eigenvalue weighted by Gasteiger charge is 2.41. The second kappa shape index (κ2) is 11.4. The van der Waals surface area contributed by atoms with Gasteiger partial charge in [-0.05, 0) is 55.6 Å². The molecule has 5 rings (SSSR count). The molecule has 3 aromatic carbocycles. The number of rotatable bonds is 5. The lowest BCUT2D eigenvalue weighted by molar-refractivity contribution is -0.138. The number of hydrogen-bond donors (Lipinski definition) is 0. The normalized spacial score (nSPS) is 19.0. The van der Waals surface area contributed by atoms with Gasteiger partial charge < -0.3 is 14.5 Å². The van der Waals surface area contributed by atoms with E-state index in [2.05, 4.69) is 49.3 Å². The largest absolute Gasteiger partial charge is 0.445 e. The Balaban J connectivity index is 1.30. The SMILES string of the molecule is CN(C)C1(c2ccccc2)CCN(C(=O)C2Cc3ccccc3CN(C(=O)OCc3ccccc3)C2)CC1. The summed E-state index contributed by atoms with van der Waals surface area (Å²) >= 11 is 0. The molecule has 1 fully saturated rings. The molecule has 38 heavy (non-hydrogen) atoms. The predicted molar refractivity (Wildman–Crippen MR) is 148 cm³/mol. The Morgan fingerprint density at radius 1 is 0.842 bits per heavy atom. The molecule has 3 aromatic rings. The first-order valence-electron chi connectivity index (χ1n) is 13.5. The van der Waals surface area contributed by atoms with Crippen molar-refractivity contribution >= 4 is 12.0 Å². The molecule has 6 nitrogen and oxygen atoms in total. The van der Waals surface area contributed by atoms with Crippen molar-refractivity contribution in [2.75, 3.05) is 33.7 Å². The van der Waals surface area contributed by atoms with Gasteiger partial charge in [0.1, 0.15) is 6.61 Å². The number of amides is 2. The maximum absolute atomic E-state index is 13.9. The molecule has 0 saturated carbocycles. The molecular weight excluding hydrogens is 474 g/mol. The zero-order valence-corrected chi connectivity index (χ0v) is 22.4. The van der Waals surface area contributed by atoms with Crippen LogP contribution in [0.3, 0.4) is 0 Å². The number of piperidine rings is 1. The van der Waals surface area contributed by atoms with E-state index in [4.69, 9.17) is 4.74 Å². The van der Waals surface area contributed by atoms with Gasteiger partial charge in [-0.15, -0.1) is 0 Å². The number of ether oxygens (including phenoxy) is 1. The lowest BCUT2D eigenvalue weighted by atomic mass is 9.79. The minimum absolute atomic E-state index is 0.0820. The van der Waals surface area contributed by atoms with Gasteiger partial charge in [-0.3, -0.25) is 9.69 Å². The van der Waals surface area contributed by atoms with Crippen LogP contribution >= 0.6 is 0 Å². The number of likely N-dealkylation sites (tertiary alicyclic amines) is 1. The zero-order valence-electron chi connectivity index (χ0n) is 22.4. The molecular formula is C32H37N3O3. The van der Waals surface area contributed by atoms with Crippen molar-refractivity contribution in [1.29, 1.82) is 0 Å². The molecule has 2 aliphatic rings. The van der Waals surface area contributed by atoms with Crippen molar-refractivity contribution in [2.45, 2.75) is 38.0 Å². The van der Waals surface area contributed by atoms with Crippen LogP contribution in [0.15, 0.2) is 84.9 Å². The highest BCUT2D eigenvalue weighted by Crippen LogP contribution is 2.38. The van der Waals surface area contributed by atoms with Crippen molar-refractivity contribution in [2.24, 2.45) is 5.92 Å². The van der Waals surface area contributed by atoms with Crippen LogP contribution in [0.2, 0.25) is 0 Å². The van der Waals surface area contributed by atoms with Gasteiger partial charge in [-0.2, -0.15) is 0 Å². The number of benzene rings is 3. The topological polar surface area (TPSA) is 53.1 Å². The molecule has 0 aliphatic carbocycles. The van der Waals surface area contributed by atoms with Gasteiger partial charge in [0.25, 0.3) is 0 Å². The third-order valence-electron chi connectivity index (χ3n) is 8.27. The Hall–Kier alpha value is -3.64. The van der Waals surface area contributed by atoms with Gasteiger partial charge >= 0.3 is 6.09 Å². The summed E-state index contributed by atoms with van der Waals surface area (Å²) in [5.74, 6) is -0.172. The van der Waals surface area contributed by atoms with E-state index in [9.17, 15) is 9.59 Å². The van der Waals surface area contributed by atoms with E-state index in [1.165, 1.54) is 5.56 Å². The number of fused-ring (bicyclic) bond motifs is 1. The smallest absolute Gasteiger partial charge is 0.410 e. The first kappa shape index (κ1) is 26.0. The number of carbonyl (C=O) groups is 2. The molecule has 198 valence electrons. The Kier molecular flexibility index (Phi) is 7.79. The minimum Gasteiger partial charge on any atom is -0.445 e. The van der Waals surface area contributed by atoms with Gasteiger partial charge in [-0.1, -0.05) is 84.9 Å². The average Bonchev–Trinajstić information content (AvgIpc) is 3.16. The molecule has 1 unspecified atom stereocenters. The summed E-state index contributed by atoms with van der Waals surface area (Å²) in [4.78, 5) is 33.1. The minimum atomic E-state index is -0.377. The van der Waals surface area contributed by atoms with Gasteiger partial charge in [0.2, 0.25) is 5.91 Å². The summed E-state index contributed by atoms with van der Waals surface area (Å²) in [6.45, 7) is 2.42. The third-order valence-corrected chi connectivity index (χ3v) is 8.27. The fourth-order valence-corrected chi connectivity index (χ4v) is 5.99. The second-order valence-electron chi connectivity index (χ2n) is 10.7. The Labute approximate surface area is 225 Å². The molecule has 0 bridgehead atoms. The van der Waals surface area contributed by atoms with Crippen LogP contribution in [0.1, 0.15) is 35.1 Å². The first-order valence-corrected chi connectivity index (χ1v) is 13.5. The first-order chi connectivity index (χ1) is 18.5. The van der Waals surface area contributed by atoms with E-state index in [-0.39, 0.29) is 30.1 Å². The average molecular weight is 512 g/mol. The van der Waals surface area contributed by atoms with Crippen LogP contribution in [0.25, 0.3) is 0 Å². The third kappa shape index (κ3) is 5.46. The lowest BCUT2D eigenvalue weighted by Gasteiger charge is -2.47. The summed E-state index contributed by atoms with van der Waals surface area (Å²) in [7, 11) is 4.26. The van der Waals surface area contributed by atoms with Gasteiger partial charge in [0.05, 0.1) is 5.92 Å². The van der Waals surface area contributed by atoms with Crippen LogP contribution in [0.5, 0.6) is 0 Å². The van der Waals surface area contributed by atoms with Gasteiger partial charge in [0.15, 0.2) is 0 Å². The number of hydrogen-bond acceptors (Lipinski definition) is 4. The van der Waals surface area contributed by atoms with Crippen LogP contribution in [0.4, 0.5) is 4.79 Å². The maximum Gasteiger partial charge on any atom is 0.410 e. The molecule has 2 aliphatic heterocycles. The molecule has 1 saturated heterocycles. The molecule has 1 atom stereocenters. The molecule has 0 N–H and O–H groups in total. The quantitative estimate of drug-likeness (QED) is 0.480. The molecule has 6 heteroatoms. The standard InChI is InChI=1S/C32H37N3O3/c1-33(2)32(29-15-7-4-8-16-29)17-19-34(20-18-32)30(36)28-21-26-13-9-10-14-27(26)22-35(23-28)31(37)38-24-25-11-5-3-6-12-25/h3-16,28H,17-24H2,1-2H3. The highest BCUT2D eigenvalue weighted by atomic mass is 16.6. The van der Waals surface area contributed by atoms with Crippen LogP contribution in [-0.4, -0.2) is 60.4 Å². The molecule has 0 radical (unpaired) electrons. The maximum atomic E-state index is 13.9. The monoisotopic (exact) mass is 511 g/mol. The van der Waals surface area contributed by atoms with Gasteiger partial charge in [0, 0.05) is 31.7 Å². The summed E-state index contributed by atoms with van der Waals surface area (Å²) < 4.78 is 5.67. The zero-order chi connectivity index (χ0) is 26.5. The number of carbonyl (C=O) groups excluding carboxylic acids is 2. The van der Waals surface area contributed by atoms with Crippen molar-refractivity contribution < 1.29 is 14.3 Å². The van der Waals surface area contributed by atoms with E-state index in [1.54, 1.807) is 4.90 Å². The van der Waals surface area contributed by atoms with E-state index in [0.29, 0.717) is 32.6 Å². The Morgan fingerprint density at radius 3 is 2.11 bits per heavy atom. The van der Waals surface area contributed by atoms with Crippen molar-refractivity contribution in [3.63, 3.8) is 0 Å². The summed E-state index contributed by atoms with van der Waals surface area (Å²) in [5.41, 5.74) is 4.37. The molecule has 2 heterocycles.